The molecule has 118 valence electrons. The van der Waals surface area contributed by atoms with Gasteiger partial charge in [-0.1, -0.05) is 42.8 Å². The van der Waals surface area contributed by atoms with Crippen molar-refractivity contribution in [2.45, 2.75) is 24.7 Å². The molecule has 1 N–H and O–H groups in total. The number of rotatable bonds is 4. The molecule has 0 aromatic heterocycles. The van der Waals surface area contributed by atoms with Gasteiger partial charge in [0.1, 0.15) is 0 Å². The van der Waals surface area contributed by atoms with Crippen molar-refractivity contribution in [2.24, 2.45) is 0 Å². The van der Waals surface area contributed by atoms with Crippen LogP contribution < -0.4 is 5.32 Å². The molecule has 1 aliphatic carbocycles. The van der Waals surface area contributed by atoms with E-state index in [0.29, 0.717) is 11.3 Å². The van der Waals surface area contributed by atoms with Crippen LogP contribution in [0.25, 0.3) is 0 Å². The van der Waals surface area contributed by atoms with Crippen molar-refractivity contribution < 1.29 is 14.3 Å². The lowest BCUT2D eigenvalue weighted by Crippen LogP contribution is -2.46. The van der Waals surface area contributed by atoms with Crippen LogP contribution in [-0.4, -0.2) is 19.0 Å². The number of carbonyl (C=O) groups is 2. The summed E-state index contributed by atoms with van der Waals surface area (Å²) in [7, 11) is 1.34. The molecule has 23 heavy (non-hydrogen) atoms. The first-order chi connectivity index (χ1) is 11.2. The van der Waals surface area contributed by atoms with Crippen molar-refractivity contribution in [3.8, 4) is 0 Å². The summed E-state index contributed by atoms with van der Waals surface area (Å²) < 4.78 is 4.71. The summed E-state index contributed by atoms with van der Waals surface area (Å²) in [6.45, 7) is 0. The largest absolute Gasteiger partial charge is 0.465 e. The van der Waals surface area contributed by atoms with Crippen LogP contribution in [0.15, 0.2) is 54.6 Å². The van der Waals surface area contributed by atoms with Gasteiger partial charge in [-0.25, -0.2) is 4.79 Å². The van der Waals surface area contributed by atoms with Crippen LogP contribution in [0.1, 0.15) is 35.2 Å². The van der Waals surface area contributed by atoms with Crippen molar-refractivity contribution in [3.63, 3.8) is 0 Å². The number of methoxy groups -OCH3 is 1. The standard InChI is InChI=1S/C19H19NO3/c1-23-17(21)14-7-5-10-16(13-14)20-18(22)19(11-6-12-19)15-8-3-2-4-9-15/h2-5,7-10,13H,6,11-12H2,1H3,(H,20,22). The van der Waals surface area contributed by atoms with Crippen molar-refractivity contribution in [1.29, 1.82) is 0 Å². The van der Waals surface area contributed by atoms with E-state index < -0.39 is 11.4 Å². The lowest BCUT2D eigenvalue weighted by molar-refractivity contribution is -0.124. The fraction of sp³-hybridized carbons (Fsp3) is 0.263. The molecule has 1 saturated carbocycles. The highest BCUT2D eigenvalue weighted by Crippen LogP contribution is 2.44. The van der Waals surface area contributed by atoms with Gasteiger partial charge in [0.25, 0.3) is 0 Å². The second-order valence-electron chi connectivity index (χ2n) is 5.83. The van der Waals surface area contributed by atoms with Crippen LogP contribution in [0, 0.1) is 0 Å². The number of nitrogens with one attached hydrogen (secondary N) is 1. The average Bonchev–Trinajstić information content (AvgIpc) is 2.54. The number of hydrogen-bond acceptors (Lipinski definition) is 3. The first-order valence-electron chi connectivity index (χ1n) is 7.71. The minimum Gasteiger partial charge on any atom is -0.465 e. The molecule has 0 radical (unpaired) electrons. The Morgan fingerprint density at radius 3 is 2.39 bits per heavy atom. The van der Waals surface area contributed by atoms with Gasteiger partial charge in [0.15, 0.2) is 0 Å². The van der Waals surface area contributed by atoms with Gasteiger partial charge in [0.05, 0.1) is 18.1 Å². The summed E-state index contributed by atoms with van der Waals surface area (Å²) in [5.74, 6) is -0.431. The van der Waals surface area contributed by atoms with Crippen molar-refractivity contribution >= 4 is 17.6 Å². The number of ether oxygens (including phenoxy) is 1. The van der Waals surface area contributed by atoms with Gasteiger partial charge in [-0.3, -0.25) is 4.79 Å². The Labute approximate surface area is 135 Å². The van der Waals surface area contributed by atoms with Gasteiger partial charge >= 0.3 is 5.97 Å². The molecule has 2 aromatic rings. The van der Waals surface area contributed by atoms with Gasteiger partial charge < -0.3 is 10.1 Å². The number of benzene rings is 2. The van der Waals surface area contributed by atoms with Crippen LogP contribution in [0.3, 0.4) is 0 Å². The summed E-state index contributed by atoms with van der Waals surface area (Å²) in [4.78, 5) is 24.4. The Balaban J connectivity index is 1.83. The van der Waals surface area contributed by atoms with E-state index in [2.05, 4.69) is 5.32 Å². The van der Waals surface area contributed by atoms with E-state index >= 15 is 0 Å². The first kappa shape index (κ1) is 15.3. The number of hydrogen-bond donors (Lipinski definition) is 1. The second kappa shape index (κ2) is 6.24. The molecule has 1 amide bonds. The molecule has 0 unspecified atom stereocenters. The predicted octanol–water partition coefficient (Wildman–Crippen LogP) is 3.53. The summed E-state index contributed by atoms with van der Waals surface area (Å²) in [6.07, 6.45) is 2.74. The van der Waals surface area contributed by atoms with Crippen LogP contribution in [0.2, 0.25) is 0 Å². The molecule has 0 spiro atoms. The molecule has 1 aliphatic rings. The average molecular weight is 309 g/mol. The third kappa shape index (κ3) is 2.84. The maximum atomic E-state index is 12.8. The summed E-state index contributed by atoms with van der Waals surface area (Å²) in [5, 5.41) is 2.96. The highest BCUT2D eigenvalue weighted by molar-refractivity contribution is 6.01. The molecule has 4 nitrogen and oxygen atoms in total. The molecular weight excluding hydrogens is 290 g/mol. The molecule has 0 saturated heterocycles. The lowest BCUT2D eigenvalue weighted by atomic mass is 9.64. The zero-order valence-corrected chi connectivity index (χ0v) is 13.0. The third-order valence-corrected chi connectivity index (χ3v) is 4.51. The van der Waals surface area contributed by atoms with Gasteiger partial charge in [-0.15, -0.1) is 0 Å². The quantitative estimate of drug-likeness (QED) is 0.879. The lowest BCUT2D eigenvalue weighted by Gasteiger charge is -2.40. The Morgan fingerprint density at radius 1 is 1.04 bits per heavy atom. The van der Waals surface area contributed by atoms with Crippen molar-refractivity contribution in [3.05, 3.63) is 65.7 Å². The highest BCUT2D eigenvalue weighted by atomic mass is 16.5. The normalized spacial score (nSPS) is 15.3. The monoisotopic (exact) mass is 309 g/mol. The molecule has 4 heteroatoms. The minimum atomic E-state index is -0.456. The van der Waals surface area contributed by atoms with Crippen LogP contribution in [-0.2, 0) is 14.9 Å². The topological polar surface area (TPSA) is 55.4 Å². The SMILES string of the molecule is COC(=O)c1cccc(NC(=O)C2(c3ccccc3)CCC2)c1. The molecular formula is C19H19NO3. The van der Waals surface area contributed by atoms with E-state index in [-0.39, 0.29) is 5.91 Å². The summed E-state index contributed by atoms with van der Waals surface area (Å²) in [6, 6.07) is 16.7. The fourth-order valence-electron chi connectivity index (χ4n) is 3.03. The van der Waals surface area contributed by atoms with Crippen LogP contribution in [0.4, 0.5) is 5.69 Å². The van der Waals surface area contributed by atoms with E-state index in [9.17, 15) is 9.59 Å². The van der Waals surface area contributed by atoms with E-state index in [4.69, 9.17) is 4.74 Å². The number of amides is 1. The maximum absolute atomic E-state index is 12.8. The number of anilines is 1. The van der Waals surface area contributed by atoms with Crippen LogP contribution >= 0.6 is 0 Å². The maximum Gasteiger partial charge on any atom is 0.337 e. The smallest absolute Gasteiger partial charge is 0.337 e. The molecule has 2 aromatic carbocycles. The third-order valence-electron chi connectivity index (χ3n) is 4.51. The van der Waals surface area contributed by atoms with E-state index in [1.54, 1.807) is 24.3 Å². The molecule has 0 heterocycles. The van der Waals surface area contributed by atoms with E-state index in [1.165, 1.54) is 7.11 Å². The summed E-state index contributed by atoms with van der Waals surface area (Å²) >= 11 is 0. The van der Waals surface area contributed by atoms with E-state index in [0.717, 1.165) is 24.8 Å². The molecule has 1 fully saturated rings. The molecule has 0 atom stereocenters. The van der Waals surface area contributed by atoms with Crippen LogP contribution in [0.5, 0.6) is 0 Å². The van der Waals surface area contributed by atoms with Crippen molar-refractivity contribution in [1.82, 2.24) is 0 Å². The van der Waals surface area contributed by atoms with Gasteiger partial charge in [-0.05, 0) is 36.6 Å². The van der Waals surface area contributed by atoms with Crippen molar-refractivity contribution in [2.75, 3.05) is 12.4 Å². The Hall–Kier alpha value is -2.62. The molecule has 0 bridgehead atoms. The van der Waals surface area contributed by atoms with E-state index in [1.807, 2.05) is 30.3 Å². The Morgan fingerprint density at radius 2 is 1.78 bits per heavy atom. The summed E-state index contributed by atoms with van der Waals surface area (Å²) in [5.41, 5.74) is 1.63. The zero-order valence-electron chi connectivity index (χ0n) is 13.0. The number of carbonyl (C=O) groups excluding carboxylic acids is 2. The predicted molar refractivity (Wildman–Crippen MR) is 88.4 cm³/mol. The van der Waals surface area contributed by atoms with Gasteiger partial charge in [-0.2, -0.15) is 0 Å². The molecule has 0 aliphatic heterocycles. The second-order valence-corrected chi connectivity index (χ2v) is 5.83. The Bertz CT molecular complexity index is 720. The first-order valence-corrected chi connectivity index (χ1v) is 7.71. The number of esters is 1. The van der Waals surface area contributed by atoms with Gasteiger partial charge in [0.2, 0.25) is 5.91 Å². The highest BCUT2D eigenvalue weighted by Gasteiger charge is 2.45. The fourth-order valence-corrected chi connectivity index (χ4v) is 3.03. The molecule has 3 rings (SSSR count). The zero-order chi connectivity index (χ0) is 16.3. The van der Waals surface area contributed by atoms with Gasteiger partial charge in [0, 0.05) is 5.69 Å². The minimum absolute atomic E-state index is 0.0167. The Kier molecular flexibility index (Phi) is 4.15.